The second kappa shape index (κ2) is 9.69. The Morgan fingerprint density at radius 1 is 1.16 bits per heavy atom. The minimum atomic E-state index is -0.920. The minimum absolute atomic E-state index is 0.0646. The van der Waals surface area contributed by atoms with Gasteiger partial charge in [-0.2, -0.15) is 5.10 Å². The number of nitro groups is 1. The molecule has 0 radical (unpaired) electrons. The van der Waals surface area contributed by atoms with Gasteiger partial charge in [-0.25, -0.2) is 9.59 Å². The third kappa shape index (κ3) is 4.74. The molecule has 1 N–H and O–H groups in total. The quantitative estimate of drug-likeness (QED) is 0.365. The zero-order chi connectivity index (χ0) is 23.5. The zero-order valence-corrected chi connectivity index (χ0v) is 18.9. The fourth-order valence-electron chi connectivity index (χ4n) is 3.06. The van der Waals surface area contributed by atoms with Gasteiger partial charge in [0.05, 0.1) is 23.7 Å². The van der Waals surface area contributed by atoms with Crippen molar-refractivity contribution in [3.63, 3.8) is 0 Å². The lowest BCUT2D eigenvalue weighted by molar-refractivity contribution is -0.386. The zero-order valence-electron chi connectivity index (χ0n) is 18.1. The van der Waals surface area contributed by atoms with Gasteiger partial charge < -0.3 is 14.8 Å². The van der Waals surface area contributed by atoms with E-state index >= 15 is 0 Å². The van der Waals surface area contributed by atoms with Gasteiger partial charge in [0.1, 0.15) is 27.3 Å². The number of nitrogens with one attached hydrogen (secondary N) is 1. The first-order valence-corrected chi connectivity index (χ1v) is 10.3. The first kappa shape index (κ1) is 24.0. The molecule has 0 fully saturated rings. The molecule has 0 unspecified atom stereocenters. The number of anilines is 1. The Morgan fingerprint density at radius 2 is 1.74 bits per heavy atom. The van der Waals surface area contributed by atoms with E-state index in [9.17, 15) is 24.5 Å². The lowest BCUT2D eigenvalue weighted by Crippen LogP contribution is -2.25. The van der Waals surface area contributed by atoms with E-state index in [2.05, 4.69) is 10.4 Å². The third-order valence-electron chi connectivity index (χ3n) is 4.54. The fourth-order valence-corrected chi connectivity index (χ4v) is 4.16. The van der Waals surface area contributed by atoms with Gasteiger partial charge in [0.2, 0.25) is 5.91 Å². The van der Waals surface area contributed by atoms with Crippen LogP contribution >= 0.6 is 11.3 Å². The van der Waals surface area contributed by atoms with E-state index in [0.717, 1.165) is 11.3 Å². The highest BCUT2D eigenvalue weighted by Crippen LogP contribution is 2.35. The number of esters is 2. The van der Waals surface area contributed by atoms with Gasteiger partial charge >= 0.3 is 17.6 Å². The first-order valence-electron chi connectivity index (χ1n) is 9.53. The molecule has 1 atom stereocenters. The fraction of sp³-hybridized carbons (Fsp3) is 0.474. The summed E-state index contributed by atoms with van der Waals surface area (Å²) in [4.78, 5) is 48.5. The van der Waals surface area contributed by atoms with E-state index in [0.29, 0.717) is 5.56 Å². The highest BCUT2D eigenvalue weighted by Gasteiger charge is 2.30. The van der Waals surface area contributed by atoms with Gasteiger partial charge in [-0.1, -0.05) is 0 Å². The number of carbonyl (C=O) groups excluding carboxylic acids is 3. The lowest BCUT2D eigenvalue weighted by atomic mass is 10.1. The van der Waals surface area contributed by atoms with Crippen LogP contribution in [0, 0.1) is 30.9 Å². The van der Waals surface area contributed by atoms with Crippen molar-refractivity contribution in [2.75, 3.05) is 18.5 Å². The Hall–Kier alpha value is -3.28. The van der Waals surface area contributed by atoms with Gasteiger partial charge in [-0.3, -0.25) is 19.6 Å². The average molecular weight is 452 g/mol. The molecule has 0 aliphatic carbocycles. The Kier molecular flexibility index (Phi) is 7.50. The Labute approximate surface area is 182 Å². The number of carbonyl (C=O) groups is 3. The van der Waals surface area contributed by atoms with E-state index < -0.39 is 28.8 Å². The third-order valence-corrected chi connectivity index (χ3v) is 5.73. The smallest absolute Gasteiger partial charge is 0.348 e. The van der Waals surface area contributed by atoms with Crippen LogP contribution in [0.5, 0.6) is 0 Å². The van der Waals surface area contributed by atoms with E-state index in [1.165, 1.54) is 25.5 Å². The van der Waals surface area contributed by atoms with E-state index in [4.69, 9.17) is 9.47 Å². The molecule has 0 saturated carbocycles. The molecule has 0 aliphatic heterocycles. The number of amides is 1. The molecule has 12 heteroatoms. The van der Waals surface area contributed by atoms with E-state index in [-0.39, 0.29) is 45.7 Å². The van der Waals surface area contributed by atoms with Crippen LogP contribution in [0.2, 0.25) is 0 Å². The SMILES string of the molecule is CCOC(=O)c1sc(NC(=O)[C@@H](C)n2nc(C)c([N+](=O)[O-])c2C)c(C(=O)OCC)c1C. The van der Waals surface area contributed by atoms with Crippen LogP contribution < -0.4 is 5.32 Å². The monoisotopic (exact) mass is 452 g/mol. The number of hydrogen-bond acceptors (Lipinski definition) is 9. The van der Waals surface area contributed by atoms with Crippen LogP contribution in [0.25, 0.3) is 0 Å². The van der Waals surface area contributed by atoms with Crippen molar-refractivity contribution in [2.24, 2.45) is 0 Å². The molecular formula is C19H24N4O7S. The van der Waals surface area contributed by atoms with Crippen molar-refractivity contribution < 1.29 is 28.8 Å². The molecule has 0 bridgehead atoms. The molecule has 2 aromatic rings. The molecule has 0 aliphatic rings. The van der Waals surface area contributed by atoms with Gasteiger partial charge in [0.25, 0.3) is 0 Å². The molecule has 0 aromatic carbocycles. The van der Waals surface area contributed by atoms with Crippen molar-refractivity contribution in [3.8, 4) is 0 Å². The molecule has 1 amide bonds. The topological polar surface area (TPSA) is 143 Å². The van der Waals surface area contributed by atoms with Crippen molar-refractivity contribution in [3.05, 3.63) is 37.5 Å². The Morgan fingerprint density at radius 3 is 2.26 bits per heavy atom. The van der Waals surface area contributed by atoms with Crippen molar-refractivity contribution in [1.82, 2.24) is 9.78 Å². The first-order chi connectivity index (χ1) is 14.5. The predicted octanol–water partition coefficient (Wildman–Crippen LogP) is 3.33. The van der Waals surface area contributed by atoms with Gasteiger partial charge in [0, 0.05) is 0 Å². The Bertz CT molecular complexity index is 1040. The molecular weight excluding hydrogens is 428 g/mol. The molecule has 11 nitrogen and oxygen atoms in total. The summed E-state index contributed by atoms with van der Waals surface area (Å²) in [5.41, 5.74) is 0.654. The van der Waals surface area contributed by atoms with Crippen LogP contribution in [0.15, 0.2) is 0 Å². The van der Waals surface area contributed by atoms with Crippen LogP contribution in [0.1, 0.15) is 63.8 Å². The summed E-state index contributed by atoms with van der Waals surface area (Å²) >= 11 is 0.902. The number of ether oxygens (including phenoxy) is 2. The van der Waals surface area contributed by atoms with Crippen LogP contribution in [0.3, 0.4) is 0 Å². The number of aromatic nitrogens is 2. The molecule has 2 heterocycles. The molecule has 0 saturated heterocycles. The maximum absolute atomic E-state index is 12.9. The van der Waals surface area contributed by atoms with E-state index in [1.807, 2.05) is 0 Å². The summed E-state index contributed by atoms with van der Waals surface area (Å²) < 4.78 is 11.3. The summed E-state index contributed by atoms with van der Waals surface area (Å²) in [7, 11) is 0. The number of rotatable bonds is 8. The van der Waals surface area contributed by atoms with Gasteiger partial charge in [-0.05, 0) is 47.1 Å². The highest BCUT2D eigenvalue weighted by atomic mass is 32.1. The van der Waals surface area contributed by atoms with Crippen molar-refractivity contribution in [1.29, 1.82) is 0 Å². The standard InChI is InChI=1S/C19H24N4O7S/c1-7-29-18(25)13-9(3)15(19(26)30-8-2)31-17(13)20-16(24)12(6)22-11(5)14(23(27)28)10(4)21-22/h12H,7-8H2,1-6H3,(H,20,24)/t12-/m1/s1. The summed E-state index contributed by atoms with van der Waals surface area (Å²) in [6.07, 6.45) is 0. The molecule has 31 heavy (non-hydrogen) atoms. The van der Waals surface area contributed by atoms with Gasteiger partial charge in [-0.15, -0.1) is 11.3 Å². The molecule has 2 aromatic heterocycles. The van der Waals surface area contributed by atoms with Crippen LogP contribution in [0.4, 0.5) is 10.7 Å². The number of nitrogens with zero attached hydrogens (tertiary/aromatic N) is 3. The normalized spacial score (nSPS) is 11.7. The van der Waals surface area contributed by atoms with Crippen LogP contribution in [-0.4, -0.2) is 45.8 Å². The highest BCUT2D eigenvalue weighted by molar-refractivity contribution is 7.18. The number of aryl methyl sites for hydroxylation is 1. The summed E-state index contributed by atoms with van der Waals surface area (Å²) in [5.74, 6) is -1.86. The largest absolute Gasteiger partial charge is 0.462 e. The van der Waals surface area contributed by atoms with Crippen molar-refractivity contribution in [2.45, 2.75) is 47.6 Å². The average Bonchev–Trinajstić information content (AvgIpc) is 3.17. The minimum Gasteiger partial charge on any atom is -0.462 e. The maximum Gasteiger partial charge on any atom is 0.348 e. The summed E-state index contributed by atoms with van der Waals surface area (Å²) in [6, 6.07) is -0.920. The van der Waals surface area contributed by atoms with Crippen LogP contribution in [-0.2, 0) is 14.3 Å². The predicted molar refractivity (Wildman–Crippen MR) is 113 cm³/mol. The molecule has 0 spiro atoms. The maximum atomic E-state index is 12.9. The number of hydrogen-bond donors (Lipinski definition) is 1. The lowest BCUT2D eigenvalue weighted by Gasteiger charge is -2.14. The molecule has 168 valence electrons. The Balaban J connectivity index is 2.42. The van der Waals surface area contributed by atoms with E-state index in [1.54, 1.807) is 20.8 Å². The summed E-state index contributed by atoms with van der Waals surface area (Å²) in [5, 5.41) is 18.1. The van der Waals surface area contributed by atoms with Crippen molar-refractivity contribution >= 4 is 39.9 Å². The number of thiophene rings is 1. The second-order valence-electron chi connectivity index (χ2n) is 6.59. The summed E-state index contributed by atoms with van der Waals surface area (Å²) in [6.45, 7) is 9.64. The van der Waals surface area contributed by atoms with Gasteiger partial charge in [0.15, 0.2) is 0 Å². The second-order valence-corrected chi connectivity index (χ2v) is 7.61. The molecule has 2 rings (SSSR count).